The van der Waals surface area contributed by atoms with Gasteiger partial charge in [-0.1, -0.05) is 30.4 Å². The van der Waals surface area contributed by atoms with Gasteiger partial charge in [-0.3, -0.25) is 9.79 Å². The first-order valence-electron chi connectivity index (χ1n) is 25.1. The summed E-state index contributed by atoms with van der Waals surface area (Å²) in [5.74, 6) is -2.19. The van der Waals surface area contributed by atoms with E-state index in [1.807, 2.05) is 31.2 Å². The van der Waals surface area contributed by atoms with E-state index in [0.29, 0.717) is 18.4 Å². The molecule has 2 aromatic carbocycles. The molecule has 388 valence electrons. The van der Waals surface area contributed by atoms with Crippen LogP contribution in [-0.4, -0.2) is 150 Å². The molecule has 72 heavy (non-hydrogen) atoms. The number of hydrogen-bond acceptors (Lipinski definition) is 19. The number of Topliss-reactive ketones (excluding diaryl/α,β-unsaturated/α-hetero) is 1. The van der Waals surface area contributed by atoms with Gasteiger partial charge in [-0.15, -0.1) is 0 Å². The number of ether oxygens (including phenoxy) is 7. The van der Waals surface area contributed by atoms with Gasteiger partial charge < -0.3 is 78.4 Å². The van der Waals surface area contributed by atoms with Crippen molar-refractivity contribution in [3.8, 4) is 11.5 Å². The smallest absolute Gasteiger partial charge is 0.344 e. The lowest BCUT2D eigenvalue weighted by molar-refractivity contribution is -0.306. The molecule has 1 saturated carbocycles. The summed E-state index contributed by atoms with van der Waals surface area (Å²) in [6, 6.07) is 1.24. The number of hydrogen-bond donors (Lipinski definition) is 8. The van der Waals surface area contributed by atoms with Crippen molar-refractivity contribution in [1.82, 2.24) is 0 Å². The quantitative estimate of drug-likeness (QED) is 0.158. The molecule has 5 aliphatic heterocycles. The van der Waals surface area contributed by atoms with Crippen LogP contribution in [0, 0.1) is 5.92 Å². The van der Waals surface area contributed by atoms with Crippen LogP contribution in [0.1, 0.15) is 109 Å². The summed E-state index contributed by atoms with van der Waals surface area (Å²) in [5.41, 5.74) is -7.28. The zero-order valence-corrected chi connectivity index (χ0v) is 40.6. The Hall–Kier alpha value is -4.45. The SMILES string of the molecule is CC1OC(OC23C(=O)CC(C)(O)CC2(O)C=Cc2c3c3oc(=O)c(=C4C=NC5C=CC=CC45)c4cc(C5CC(OC6CCC(OC7CC(O)C(O)C(C)O7)C(C)O6)C(O)C(C)O5)c(O)c(c2O)c34)CCC1O. The number of phenolic OH excluding ortho intramolecular Hbond substituents is 2. The van der Waals surface area contributed by atoms with Gasteiger partial charge in [0, 0.05) is 78.1 Å². The third-order valence-electron chi connectivity index (χ3n) is 16.3. The average Bonchev–Trinajstić information content (AvgIpc) is 3.74. The molecule has 8 aliphatic rings. The Kier molecular flexibility index (Phi) is 12.5. The molecule has 1 aromatic heterocycles. The number of benzene rings is 2. The van der Waals surface area contributed by atoms with E-state index in [2.05, 4.69) is 4.99 Å². The van der Waals surface area contributed by atoms with Gasteiger partial charge in [0.25, 0.3) is 0 Å². The molecule has 19 atom stereocenters. The third kappa shape index (κ3) is 8.02. The highest BCUT2D eigenvalue weighted by atomic mass is 16.7. The van der Waals surface area contributed by atoms with Gasteiger partial charge in [0.05, 0.1) is 77.2 Å². The number of carbonyl (C=O) groups excluding carboxylic acids is 1. The summed E-state index contributed by atoms with van der Waals surface area (Å²) >= 11 is 0. The fraction of sp³-hybridized carbons (Fsp3) is 0.604. The Morgan fingerprint density at radius 3 is 2.21 bits per heavy atom. The van der Waals surface area contributed by atoms with Gasteiger partial charge in [0.1, 0.15) is 34.9 Å². The van der Waals surface area contributed by atoms with Crippen molar-refractivity contribution in [3.63, 3.8) is 0 Å². The van der Waals surface area contributed by atoms with Crippen LogP contribution in [0.2, 0.25) is 0 Å². The summed E-state index contributed by atoms with van der Waals surface area (Å²) in [7, 11) is 0. The number of aliphatic hydroxyl groups is 6. The minimum absolute atomic E-state index is 0.0202. The number of aliphatic hydroxyl groups excluding tert-OH is 4. The second kappa shape index (κ2) is 18.1. The molecular formula is C53H63NO18. The van der Waals surface area contributed by atoms with Crippen molar-refractivity contribution in [3.05, 3.63) is 68.8 Å². The monoisotopic (exact) mass is 1000 g/mol. The standard InChI is InChI=1S/C53H63NO18/c1-22-32(55)10-12-39(66-22)72-53-37(57)19-51(5,63)21-52(53,64)15-14-27-44(53)49-42-29(41(50(62)71-49)30-20-54-31-9-7-6-8-26(30)31)16-28(48(61)43(42)47(27)60)35-18-36(46(59)25(4)65-35)70-38-13-11-34(23(2)67-38)69-40-17-33(56)45(58)24(3)68-40/h6-9,14-16,20,22-26,31-36,38-40,45-46,55-56,58-61,63-64H,10-13,17-19,21H2,1-5H3. The van der Waals surface area contributed by atoms with E-state index in [9.17, 15) is 40.9 Å². The van der Waals surface area contributed by atoms with Gasteiger partial charge in [-0.2, -0.15) is 0 Å². The molecule has 4 saturated heterocycles. The predicted molar refractivity (Wildman–Crippen MR) is 255 cm³/mol. The molecule has 19 nitrogen and oxygen atoms in total. The molecular weight excluding hydrogens is 939 g/mol. The maximum Gasteiger partial charge on any atom is 0.344 e. The van der Waals surface area contributed by atoms with Crippen molar-refractivity contribution in [1.29, 1.82) is 0 Å². The minimum atomic E-state index is -2.46. The lowest BCUT2D eigenvalue weighted by Gasteiger charge is -2.54. The van der Waals surface area contributed by atoms with E-state index < -0.39 is 144 Å². The van der Waals surface area contributed by atoms with Gasteiger partial charge in [0.2, 0.25) is 0 Å². The second-order valence-corrected chi connectivity index (χ2v) is 21.4. The number of aromatic hydroxyl groups is 2. The third-order valence-corrected chi connectivity index (χ3v) is 16.3. The number of allylic oxidation sites excluding steroid dienone is 2. The first-order chi connectivity index (χ1) is 34.2. The first kappa shape index (κ1) is 49.7. The summed E-state index contributed by atoms with van der Waals surface area (Å²) in [6.45, 7) is 8.21. The zero-order valence-electron chi connectivity index (χ0n) is 40.6. The molecule has 8 N–H and O–H groups in total. The van der Waals surface area contributed by atoms with E-state index in [4.69, 9.17) is 37.6 Å². The van der Waals surface area contributed by atoms with E-state index in [-0.39, 0.29) is 75.4 Å². The van der Waals surface area contributed by atoms with Crippen molar-refractivity contribution in [2.24, 2.45) is 10.9 Å². The highest BCUT2D eigenvalue weighted by molar-refractivity contribution is 6.19. The Morgan fingerprint density at radius 1 is 0.750 bits per heavy atom. The van der Waals surface area contributed by atoms with E-state index in [0.717, 1.165) is 0 Å². The molecule has 0 bridgehead atoms. The normalized spacial score (nSPS) is 43.6. The number of phenols is 2. The van der Waals surface area contributed by atoms with Crippen LogP contribution in [0.4, 0.5) is 0 Å². The van der Waals surface area contributed by atoms with E-state index in [1.165, 1.54) is 19.1 Å². The molecule has 3 aromatic rings. The fourth-order valence-electron chi connectivity index (χ4n) is 12.5. The first-order valence-corrected chi connectivity index (χ1v) is 25.1. The Bertz CT molecular complexity index is 2900. The summed E-state index contributed by atoms with van der Waals surface area (Å²) in [4.78, 5) is 34.7. The van der Waals surface area contributed by atoms with Crippen molar-refractivity contribution in [2.75, 3.05) is 0 Å². The number of fused-ring (bicyclic) bond motifs is 5. The van der Waals surface area contributed by atoms with Crippen molar-refractivity contribution < 1.29 is 83.2 Å². The lowest BCUT2D eigenvalue weighted by Crippen LogP contribution is -2.67. The molecule has 19 heteroatoms. The number of aliphatic imine (C=N–C) groups is 1. The van der Waals surface area contributed by atoms with E-state index >= 15 is 9.59 Å². The maximum absolute atomic E-state index is 15.0. The summed E-state index contributed by atoms with van der Waals surface area (Å²) in [6.07, 6.45) is 0.274. The number of ketones is 1. The Morgan fingerprint density at radius 2 is 1.46 bits per heavy atom. The molecule has 6 heterocycles. The number of rotatable bonds is 7. The largest absolute Gasteiger partial charge is 0.507 e. The van der Waals surface area contributed by atoms with Gasteiger partial charge in [-0.25, -0.2) is 4.79 Å². The van der Waals surface area contributed by atoms with Crippen molar-refractivity contribution >= 4 is 45.4 Å². The van der Waals surface area contributed by atoms with Crippen LogP contribution in [-0.2, 0) is 43.6 Å². The highest BCUT2D eigenvalue weighted by Gasteiger charge is 2.67. The van der Waals surface area contributed by atoms with Crippen LogP contribution in [0.25, 0.3) is 33.4 Å². The molecule has 5 fully saturated rings. The minimum Gasteiger partial charge on any atom is -0.507 e. The van der Waals surface area contributed by atoms with Crippen molar-refractivity contribution in [2.45, 2.75) is 195 Å². The molecule has 0 radical (unpaired) electrons. The maximum atomic E-state index is 15.0. The number of carbonyl (C=O) groups is 1. The van der Waals surface area contributed by atoms with E-state index in [1.54, 1.807) is 33.1 Å². The van der Waals surface area contributed by atoms with Crippen LogP contribution < -0.4 is 10.8 Å². The zero-order chi connectivity index (χ0) is 50.9. The van der Waals surface area contributed by atoms with Gasteiger partial charge in [-0.05, 0) is 65.2 Å². The molecule has 19 unspecified atom stereocenters. The fourth-order valence-corrected chi connectivity index (χ4v) is 12.5. The average molecular weight is 1000 g/mol. The van der Waals surface area contributed by atoms with Crippen LogP contribution in [0.15, 0.2) is 50.7 Å². The molecule has 3 aliphatic carbocycles. The number of nitrogens with zero attached hydrogens (tertiary/aromatic N) is 1. The Labute approximate surface area is 413 Å². The highest BCUT2D eigenvalue weighted by Crippen LogP contribution is 2.59. The summed E-state index contributed by atoms with van der Waals surface area (Å²) < 4.78 is 50.4. The molecule has 11 rings (SSSR count). The van der Waals surface area contributed by atoms with Crippen LogP contribution >= 0.6 is 0 Å². The molecule has 0 amide bonds. The van der Waals surface area contributed by atoms with Crippen LogP contribution in [0.3, 0.4) is 0 Å². The summed E-state index contributed by atoms with van der Waals surface area (Å²) in [5, 5.41) is 92.4. The Balaban J connectivity index is 1.03. The van der Waals surface area contributed by atoms with Gasteiger partial charge in [0.15, 0.2) is 30.3 Å². The second-order valence-electron chi connectivity index (χ2n) is 21.4. The van der Waals surface area contributed by atoms with Gasteiger partial charge >= 0.3 is 5.63 Å². The predicted octanol–water partition coefficient (Wildman–Crippen LogP) is 2.75. The van der Waals surface area contributed by atoms with Crippen LogP contribution in [0.5, 0.6) is 11.5 Å². The molecule has 0 spiro atoms. The lowest BCUT2D eigenvalue weighted by atomic mass is 9.59. The topological polar surface area (TPSA) is 286 Å².